The fourth-order valence-electron chi connectivity index (χ4n) is 3.58. The van der Waals surface area contributed by atoms with Crippen LogP contribution in [0.15, 0.2) is 54.6 Å². The molecule has 1 aliphatic heterocycles. The Labute approximate surface area is 171 Å². The van der Waals surface area contributed by atoms with E-state index >= 15 is 0 Å². The minimum absolute atomic E-state index is 0.121. The van der Waals surface area contributed by atoms with Gasteiger partial charge in [-0.25, -0.2) is 12.7 Å². The van der Waals surface area contributed by atoms with Crippen LogP contribution < -0.4 is 10.1 Å². The van der Waals surface area contributed by atoms with Crippen molar-refractivity contribution in [2.24, 2.45) is 5.92 Å². The normalized spacial score (nSPS) is 18.3. The standard InChI is InChI=1S/C22H26N2O4S/c25-22(18-6-8-20(9-7-18)28-19-4-2-1-3-5-19)23-16-17-12-14-24(15-13-17)29(26,27)21-10-11-21/h1-9,17,21H,10-16H2,(H,23,25). The summed E-state index contributed by atoms with van der Waals surface area (Å²) < 4.78 is 32.0. The highest BCUT2D eigenvalue weighted by Gasteiger charge is 2.41. The third-order valence-corrected chi connectivity index (χ3v) is 7.92. The summed E-state index contributed by atoms with van der Waals surface area (Å²) in [5.74, 6) is 1.62. The van der Waals surface area contributed by atoms with Gasteiger partial charge in [-0.1, -0.05) is 18.2 Å². The first-order valence-corrected chi connectivity index (χ1v) is 11.6. The Morgan fingerprint density at radius 1 is 0.931 bits per heavy atom. The van der Waals surface area contributed by atoms with Gasteiger partial charge in [0.25, 0.3) is 5.91 Å². The number of benzene rings is 2. The van der Waals surface area contributed by atoms with Crippen LogP contribution in [0.25, 0.3) is 0 Å². The number of sulfonamides is 1. The van der Waals surface area contributed by atoms with Gasteiger partial charge < -0.3 is 10.1 Å². The van der Waals surface area contributed by atoms with Crippen molar-refractivity contribution in [1.82, 2.24) is 9.62 Å². The van der Waals surface area contributed by atoms with E-state index in [2.05, 4.69) is 5.32 Å². The van der Waals surface area contributed by atoms with Gasteiger partial charge in [0.2, 0.25) is 10.0 Å². The maximum atomic E-state index is 12.4. The topological polar surface area (TPSA) is 75.7 Å². The van der Waals surface area contributed by atoms with Gasteiger partial charge in [0, 0.05) is 25.2 Å². The molecule has 1 heterocycles. The van der Waals surface area contributed by atoms with E-state index in [0.717, 1.165) is 31.4 Å². The number of amides is 1. The van der Waals surface area contributed by atoms with Crippen LogP contribution in [0.4, 0.5) is 0 Å². The largest absolute Gasteiger partial charge is 0.457 e. The number of para-hydroxylation sites is 1. The van der Waals surface area contributed by atoms with E-state index in [1.807, 2.05) is 30.3 Å². The minimum atomic E-state index is -3.08. The van der Waals surface area contributed by atoms with E-state index in [1.165, 1.54) is 0 Å². The molecule has 154 valence electrons. The molecule has 1 aliphatic carbocycles. The number of nitrogens with one attached hydrogen (secondary N) is 1. The van der Waals surface area contributed by atoms with Gasteiger partial charge in [-0.2, -0.15) is 0 Å². The van der Waals surface area contributed by atoms with Gasteiger partial charge in [-0.3, -0.25) is 4.79 Å². The van der Waals surface area contributed by atoms with Crippen molar-refractivity contribution < 1.29 is 17.9 Å². The van der Waals surface area contributed by atoms with Crippen LogP contribution in [0.5, 0.6) is 11.5 Å². The molecule has 0 bridgehead atoms. The van der Waals surface area contributed by atoms with Crippen LogP contribution >= 0.6 is 0 Å². The summed E-state index contributed by atoms with van der Waals surface area (Å²) in [7, 11) is -3.08. The molecule has 0 atom stereocenters. The molecule has 0 spiro atoms. The quantitative estimate of drug-likeness (QED) is 0.753. The first-order valence-electron chi connectivity index (χ1n) is 10.1. The molecule has 1 amide bonds. The third-order valence-electron chi connectivity index (χ3n) is 5.53. The lowest BCUT2D eigenvalue weighted by Crippen LogP contribution is -2.42. The van der Waals surface area contributed by atoms with Crippen LogP contribution in [0.3, 0.4) is 0 Å². The highest BCUT2D eigenvalue weighted by Crippen LogP contribution is 2.33. The molecular weight excluding hydrogens is 388 g/mol. The second kappa shape index (κ2) is 8.55. The molecule has 2 aliphatic rings. The molecule has 1 saturated carbocycles. The van der Waals surface area contributed by atoms with Crippen LogP contribution in [0, 0.1) is 5.92 Å². The van der Waals surface area contributed by atoms with E-state index < -0.39 is 10.0 Å². The van der Waals surface area contributed by atoms with E-state index in [-0.39, 0.29) is 11.2 Å². The van der Waals surface area contributed by atoms with Crippen molar-refractivity contribution in [3.05, 3.63) is 60.2 Å². The molecule has 0 unspecified atom stereocenters. The molecule has 2 fully saturated rings. The number of rotatable bonds is 7. The molecule has 7 heteroatoms. The Kier molecular flexibility index (Phi) is 5.87. The zero-order valence-electron chi connectivity index (χ0n) is 16.3. The highest BCUT2D eigenvalue weighted by atomic mass is 32.2. The minimum Gasteiger partial charge on any atom is -0.457 e. The van der Waals surface area contributed by atoms with Crippen LogP contribution in [-0.2, 0) is 10.0 Å². The summed E-state index contributed by atoms with van der Waals surface area (Å²) in [6.07, 6.45) is 3.17. The van der Waals surface area contributed by atoms with E-state index in [4.69, 9.17) is 4.74 Å². The van der Waals surface area contributed by atoms with Crippen LogP contribution in [0.1, 0.15) is 36.0 Å². The van der Waals surface area contributed by atoms with Gasteiger partial charge in [-0.05, 0) is 68.0 Å². The van der Waals surface area contributed by atoms with E-state index in [1.54, 1.807) is 28.6 Å². The Balaban J connectivity index is 1.24. The van der Waals surface area contributed by atoms with Crippen molar-refractivity contribution in [3.63, 3.8) is 0 Å². The predicted octanol–water partition coefficient (Wildman–Crippen LogP) is 3.41. The molecule has 2 aromatic rings. The number of nitrogens with zero attached hydrogens (tertiary/aromatic N) is 1. The Morgan fingerprint density at radius 2 is 1.55 bits per heavy atom. The first-order chi connectivity index (χ1) is 14.0. The number of hydrogen-bond acceptors (Lipinski definition) is 4. The number of carbonyl (C=O) groups excluding carboxylic acids is 1. The maximum Gasteiger partial charge on any atom is 0.251 e. The second-order valence-corrected chi connectivity index (χ2v) is 9.95. The zero-order valence-corrected chi connectivity index (χ0v) is 17.1. The van der Waals surface area contributed by atoms with Gasteiger partial charge >= 0.3 is 0 Å². The first kappa shape index (κ1) is 19.9. The van der Waals surface area contributed by atoms with Gasteiger partial charge in [0.15, 0.2) is 0 Å². The average Bonchev–Trinajstić information content (AvgIpc) is 3.60. The fraction of sp³-hybridized carbons (Fsp3) is 0.409. The number of hydrogen-bond donors (Lipinski definition) is 1. The molecule has 0 radical (unpaired) electrons. The molecule has 29 heavy (non-hydrogen) atoms. The summed E-state index contributed by atoms with van der Waals surface area (Å²) in [6.45, 7) is 1.69. The number of piperidine rings is 1. The van der Waals surface area contributed by atoms with Crippen molar-refractivity contribution in [2.45, 2.75) is 30.9 Å². The number of carbonyl (C=O) groups is 1. The lowest BCUT2D eigenvalue weighted by Gasteiger charge is -2.31. The van der Waals surface area contributed by atoms with Crippen molar-refractivity contribution in [3.8, 4) is 11.5 Å². The molecule has 0 aromatic heterocycles. The lowest BCUT2D eigenvalue weighted by molar-refractivity contribution is 0.0941. The number of ether oxygens (including phenoxy) is 1. The zero-order chi connectivity index (χ0) is 20.3. The second-order valence-electron chi connectivity index (χ2n) is 7.74. The van der Waals surface area contributed by atoms with E-state index in [0.29, 0.717) is 36.9 Å². The van der Waals surface area contributed by atoms with Gasteiger partial charge in [0.05, 0.1) is 5.25 Å². The maximum absolute atomic E-state index is 12.4. The van der Waals surface area contributed by atoms with Crippen molar-refractivity contribution in [1.29, 1.82) is 0 Å². The van der Waals surface area contributed by atoms with Crippen LogP contribution in [0.2, 0.25) is 0 Å². The molecule has 1 N–H and O–H groups in total. The van der Waals surface area contributed by atoms with Crippen molar-refractivity contribution in [2.75, 3.05) is 19.6 Å². The molecular formula is C22H26N2O4S. The van der Waals surface area contributed by atoms with Crippen LogP contribution in [-0.4, -0.2) is 43.5 Å². The van der Waals surface area contributed by atoms with Crippen molar-refractivity contribution >= 4 is 15.9 Å². The third kappa shape index (κ3) is 4.97. The monoisotopic (exact) mass is 414 g/mol. The summed E-state index contributed by atoms with van der Waals surface area (Å²) in [6, 6.07) is 16.6. The Morgan fingerprint density at radius 3 is 2.17 bits per heavy atom. The average molecular weight is 415 g/mol. The SMILES string of the molecule is O=C(NCC1CCN(S(=O)(=O)C2CC2)CC1)c1ccc(Oc2ccccc2)cc1. The summed E-state index contributed by atoms with van der Waals surface area (Å²) in [5, 5.41) is 2.83. The smallest absolute Gasteiger partial charge is 0.251 e. The molecule has 6 nitrogen and oxygen atoms in total. The van der Waals surface area contributed by atoms with E-state index in [9.17, 15) is 13.2 Å². The molecule has 4 rings (SSSR count). The van der Waals surface area contributed by atoms with Gasteiger partial charge in [0.1, 0.15) is 11.5 Å². The Bertz CT molecular complexity index is 933. The molecule has 1 saturated heterocycles. The molecule has 2 aromatic carbocycles. The summed E-state index contributed by atoms with van der Waals surface area (Å²) in [4.78, 5) is 12.4. The summed E-state index contributed by atoms with van der Waals surface area (Å²) >= 11 is 0. The fourth-order valence-corrected chi connectivity index (χ4v) is 5.46. The Hall–Kier alpha value is -2.38. The highest BCUT2D eigenvalue weighted by molar-refractivity contribution is 7.90. The lowest BCUT2D eigenvalue weighted by atomic mass is 9.98. The predicted molar refractivity (Wildman–Crippen MR) is 112 cm³/mol. The van der Waals surface area contributed by atoms with Gasteiger partial charge in [-0.15, -0.1) is 0 Å². The summed E-state index contributed by atoms with van der Waals surface area (Å²) in [5.41, 5.74) is 0.583.